The molecule has 118 valence electrons. The lowest BCUT2D eigenvalue weighted by Crippen LogP contribution is -2.08. The van der Waals surface area contributed by atoms with Crippen molar-refractivity contribution in [2.24, 2.45) is 0 Å². The van der Waals surface area contributed by atoms with E-state index in [9.17, 15) is 8.42 Å². The van der Waals surface area contributed by atoms with Gasteiger partial charge in [0.2, 0.25) is 0 Å². The number of anilines is 1. The normalized spacial score (nSPS) is 12.1. The first-order valence-corrected chi connectivity index (χ1v) is 9.43. The van der Waals surface area contributed by atoms with E-state index in [1.54, 1.807) is 6.08 Å². The molecule has 3 rings (SSSR count). The number of hydrogen-bond donors (Lipinski definition) is 1. The summed E-state index contributed by atoms with van der Waals surface area (Å²) in [5.41, 5.74) is 3.84. The molecule has 3 aromatic rings. The molecule has 0 fully saturated rings. The lowest BCUT2D eigenvalue weighted by atomic mass is 10.1. The van der Waals surface area contributed by atoms with Gasteiger partial charge >= 0.3 is 0 Å². The molecule has 0 amide bonds. The highest BCUT2D eigenvalue weighted by Gasteiger charge is 2.12. The third-order valence-electron chi connectivity index (χ3n) is 3.30. The van der Waals surface area contributed by atoms with Crippen molar-refractivity contribution in [3.05, 3.63) is 64.6 Å². The van der Waals surface area contributed by atoms with Crippen LogP contribution in [0.25, 0.3) is 16.3 Å². The van der Waals surface area contributed by atoms with Crippen molar-refractivity contribution >= 4 is 42.8 Å². The number of fused-ring (bicyclic) bond motifs is 1. The molecule has 1 heterocycles. The molecule has 6 heteroatoms. The number of aryl methyl sites for hydroxylation is 2. The molecule has 0 saturated heterocycles. The number of thiazole rings is 1. The number of aromatic nitrogens is 1. The summed E-state index contributed by atoms with van der Waals surface area (Å²) in [6.45, 7) is 3.99. The maximum absolute atomic E-state index is 12.2. The summed E-state index contributed by atoms with van der Waals surface area (Å²) < 4.78 is 27.8. The van der Waals surface area contributed by atoms with Gasteiger partial charge in [-0.15, -0.1) is 0 Å². The Morgan fingerprint density at radius 1 is 1.13 bits per heavy atom. The van der Waals surface area contributed by atoms with Crippen LogP contribution in [0, 0.1) is 13.8 Å². The highest BCUT2D eigenvalue weighted by Crippen LogP contribution is 2.29. The Morgan fingerprint density at radius 2 is 1.87 bits per heavy atom. The molecule has 0 aliphatic carbocycles. The van der Waals surface area contributed by atoms with Gasteiger partial charge in [-0.25, -0.2) is 13.4 Å². The van der Waals surface area contributed by atoms with Crippen LogP contribution in [-0.2, 0) is 10.0 Å². The number of sulfonamides is 1. The average molecular weight is 344 g/mol. The summed E-state index contributed by atoms with van der Waals surface area (Å²) >= 11 is 1.34. The van der Waals surface area contributed by atoms with Crippen molar-refractivity contribution in [2.75, 3.05) is 4.72 Å². The van der Waals surface area contributed by atoms with Gasteiger partial charge in [-0.1, -0.05) is 47.7 Å². The van der Waals surface area contributed by atoms with Crippen LogP contribution in [0.4, 0.5) is 5.13 Å². The Hall–Kier alpha value is -2.18. The van der Waals surface area contributed by atoms with E-state index >= 15 is 0 Å². The van der Waals surface area contributed by atoms with Gasteiger partial charge in [0.15, 0.2) is 5.13 Å². The van der Waals surface area contributed by atoms with Crippen molar-refractivity contribution in [1.29, 1.82) is 0 Å². The predicted molar refractivity (Wildman–Crippen MR) is 97.1 cm³/mol. The second-order valence-electron chi connectivity index (χ2n) is 5.31. The first kappa shape index (κ1) is 15.7. The fourth-order valence-electron chi connectivity index (χ4n) is 2.30. The Balaban J connectivity index is 1.86. The maximum Gasteiger partial charge on any atom is 0.256 e. The highest BCUT2D eigenvalue weighted by molar-refractivity contribution is 7.95. The van der Waals surface area contributed by atoms with E-state index in [2.05, 4.69) is 9.71 Å². The first-order valence-electron chi connectivity index (χ1n) is 7.07. The van der Waals surface area contributed by atoms with Crippen LogP contribution in [0.5, 0.6) is 0 Å². The Morgan fingerprint density at radius 3 is 2.61 bits per heavy atom. The lowest BCUT2D eigenvalue weighted by molar-refractivity contribution is 0.609. The third kappa shape index (κ3) is 3.78. The van der Waals surface area contributed by atoms with Crippen LogP contribution in [0.1, 0.15) is 16.7 Å². The zero-order chi connectivity index (χ0) is 16.4. The molecule has 0 saturated carbocycles. The lowest BCUT2D eigenvalue weighted by Gasteiger charge is -1.99. The monoisotopic (exact) mass is 344 g/mol. The van der Waals surface area contributed by atoms with Gasteiger partial charge < -0.3 is 0 Å². The van der Waals surface area contributed by atoms with Crippen LogP contribution in [0.2, 0.25) is 0 Å². The van der Waals surface area contributed by atoms with E-state index in [1.807, 2.05) is 56.3 Å². The quantitative estimate of drug-likeness (QED) is 0.766. The Labute approximate surface area is 139 Å². The van der Waals surface area contributed by atoms with E-state index < -0.39 is 10.0 Å². The fourth-order valence-corrected chi connectivity index (χ4v) is 4.40. The molecular weight excluding hydrogens is 328 g/mol. The molecule has 0 atom stereocenters. The molecule has 4 nitrogen and oxygen atoms in total. The molecule has 0 aliphatic heterocycles. The van der Waals surface area contributed by atoms with Crippen molar-refractivity contribution in [3.63, 3.8) is 0 Å². The van der Waals surface area contributed by atoms with Crippen molar-refractivity contribution < 1.29 is 8.42 Å². The van der Waals surface area contributed by atoms with Gasteiger partial charge in [-0.2, -0.15) is 0 Å². The Bertz CT molecular complexity index is 975. The zero-order valence-electron chi connectivity index (χ0n) is 12.8. The van der Waals surface area contributed by atoms with Gasteiger partial charge in [0.05, 0.1) is 15.6 Å². The van der Waals surface area contributed by atoms with Crippen LogP contribution in [0.15, 0.2) is 47.9 Å². The van der Waals surface area contributed by atoms with Gasteiger partial charge in [0.25, 0.3) is 10.0 Å². The van der Waals surface area contributed by atoms with Crippen LogP contribution in [0.3, 0.4) is 0 Å². The van der Waals surface area contributed by atoms with Crippen LogP contribution >= 0.6 is 11.3 Å². The summed E-state index contributed by atoms with van der Waals surface area (Å²) in [7, 11) is -3.59. The minimum absolute atomic E-state index is 0.381. The Kier molecular flexibility index (Phi) is 4.19. The molecule has 23 heavy (non-hydrogen) atoms. The number of nitrogens with one attached hydrogen (secondary N) is 1. The first-order chi connectivity index (χ1) is 10.9. The van der Waals surface area contributed by atoms with Gasteiger partial charge in [0, 0.05) is 0 Å². The second-order valence-corrected chi connectivity index (χ2v) is 7.91. The molecule has 1 aromatic heterocycles. The SMILES string of the molecule is Cc1cc(C)c2nc(NS(=O)(=O)C=Cc3ccccc3)sc2c1. The highest BCUT2D eigenvalue weighted by atomic mass is 32.2. The number of rotatable bonds is 4. The molecule has 0 aliphatic rings. The number of benzene rings is 2. The van der Waals surface area contributed by atoms with Gasteiger partial charge in [-0.3, -0.25) is 4.72 Å². The molecule has 0 radical (unpaired) electrons. The van der Waals surface area contributed by atoms with E-state index in [-0.39, 0.29) is 0 Å². The summed E-state index contributed by atoms with van der Waals surface area (Å²) in [5.74, 6) is 0. The molecule has 0 unspecified atom stereocenters. The van der Waals surface area contributed by atoms with Crippen molar-refractivity contribution in [3.8, 4) is 0 Å². The molecule has 0 spiro atoms. The molecule has 1 N–H and O–H groups in total. The van der Waals surface area contributed by atoms with E-state index in [1.165, 1.54) is 11.3 Å². The minimum atomic E-state index is -3.59. The second kappa shape index (κ2) is 6.14. The molecular formula is C17H16N2O2S2. The van der Waals surface area contributed by atoms with E-state index in [0.717, 1.165) is 32.3 Å². The van der Waals surface area contributed by atoms with Crippen LogP contribution in [-0.4, -0.2) is 13.4 Å². The smallest absolute Gasteiger partial charge is 0.255 e. The maximum atomic E-state index is 12.2. The van der Waals surface area contributed by atoms with Crippen LogP contribution < -0.4 is 4.72 Å². The zero-order valence-corrected chi connectivity index (χ0v) is 14.4. The summed E-state index contributed by atoms with van der Waals surface area (Å²) in [6.07, 6.45) is 1.56. The van der Waals surface area contributed by atoms with Crippen molar-refractivity contribution in [2.45, 2.75) is 13.8 Å². The summed E-state index contributed by atoms with van der Waals surface area (Å²) in [5, 5.41) is 1.54. The van der Waals surface area contributed by atoms with Crippen molar-refractivity contribution in [1.82, 2.24) is 4.98 Å². The van der Waals surface area contributed by atoms with Gasteiger partial charge in [-0.05, 0) is 42.7 Å². The van der Waals surface area contributed by atoms with E-state index in [0.29, 0.717) is 5.13 Å². The third-order valence-corrected chi connectivity index (χ3v) is 5.32. The van der Waals surface area contributed by atoms with E-state index in [4.69, 9.17) is 0 Å². The number of nitrogens with zero attached hydrogens (tertiary/aromatic N) is 1. The molecule has 2 aromatic carbocycles. The molecule has 0 bridgehead atoms. The largest absolute Gasteiger partial charge is 0.256 e. The summed E-state index contributed by atoms with van der Waals surface area (Å²) in [4.78, 5) is 4.39. The number of hydrogen-bond acceptors (Lipinski definition) is 4. The van der Waals surface area contributed by atoms with Gasteiger partial charge in [0.1, 0.15) is 0 Å². The predicted octanol–water partition coefficient (Wildman–Crippen LogP) is 4.33. The summed E-state index contributed by atoms with van der Waals surface area (Å²) in [6, 6.07) is 13.3. The topological polar surface area (TPSA) is 59.1 Å². The standard InChI is InChI=1S/C17H16N2O2S2/c1-12-10-13(2)16-15(11-12)22-17(18-16)19-23(20,21)9-8-14-6-4-3-5-7-14/h3-11H,1-2H3,(H,18,19). The fraction of sp³-hybridized carbons (Fsp3) is 0.118. The average Bonchev–Trinajstić information content (AvgIpc) is 2.88. The minimum Gasteiger partial charge on any atom is -0.255 e.